The van der Waals surface area contributed by atoms with Gasteiger partial charge in [0.2, 0.25) is 0 Å². The zero-order valence-electron chi connectivity index (χ0n) is 9.70. The van der Waals surface area contributed by atoms with E-state index in [9.17, 15) is 13.9 Å². The maximum Gasteiger partial charge on any atom is 0.129 e. The molecule has 1 aliphatic rings. The summed E-state index contributed by atoms with van der Waals surface area (Å²) in [6.45, 7) is 2.64. The van der Waals surface area contributed by atoms with E-state index in [1.54, 1.807) is 0 Å². The molecule has 0 aliphatic carbocycles. The zero-order valence-corrected chi connectivity index (χ0v) is 9.70. The van der Waals surface area contributed by atoms with Crippen LogP contribution in [0.5, 0.6) is 0 Å². The topological polar surface area (TPSA) is 29.5 Å². The predicted molar refractivity (Wildman–Crippen MR) is 59.6 cm³/mol. The van der Waals surface area contributed by atoms with Gasteiger partial charge in [0.05, 0.1) is 12.2 Å². The SMILES string of the molecule is CC1CCOC1C(O)Cc1ccc(F)cc1F. The van der Waals surface area contributed by atoms with E-state index in [0.29, 0.717) is 12.2 Å². The van der Waals surface area contributed by atoms with E-state index >= 15 is 0 Å². The molecule has 3 unspecified atom stereocenters. The molecule has 0 aromatic heterocycles. The molecule has 1 aromatic rings. The Kier molecular flexibility index (Phi) is 3.74. The lowest BCUT2D eigenvalue weighted by atomic mass is 9.95. The lowest BCUT2D eigenvalue weighted by Gasteiger charge is -2.21. The van der Waals surface area contributed by atoms with Crippen molar-refractivity contribution in [3.05, 3.63) is 35.4 Å². The fourth-order valence-electron chi connectivity index (χ4n) is 2.24. The molecule has 0 saturated carbocycles. The summed E-state index contributed by atoms with van der Waals surface area (Å²) in [5, 5.41) is 9.98. The number of hydrogen-bond donors (Lipinski definition) is 1. The highest BCUT2D eigenvalue weighted by Crippen LogP contribution is 2.25. The highest BCUT2D eigenvalue weighted by molar-refractivity contribution is 5.19. The fourth-order valence-corrected chi connectivity index (χ4v) is 2.24. The van der Waals surface area contributed by atoms with E-state index in [4.69, 9.17) is 4.74 Å². The molecule has 0 radical (unpaired) electrons. The van der Waals surface area contributed by atoms with Crippen LogP contribution in [0.3, 0.4) is 0 Å². The third kappa shape index (κ3) is 2.82. The Hall–Kier alpha value is -1.00. The Morgan fingerprint density at radius 1 is 1.47 bits per heavy atom. The third-order valence-electron chi connectivity index (χ3n) is 3.27. The molecule has 0 spiro atoms. The summed E-state index contributed by atoms with van der Waals surface area (Å²) in [5.41, 5.74) is 0.321. The van der Waals surface area contributed by atoms with Gasteiger partial charge in [-0.1, -0.05) is 13.0 Å². The van der Waals surface area contributed by atoms with Crippen LogP contribution in [0.25, 0.3) is 0 Å². The average Bonchev–Trinajstić information content (AvgIpc) is 2.68. The second-order valence-corrected chi connectivity index (χ2v) is 4.61. The van der Waals surface area contributed by atoms with Gasteiger partial charge < -0.3 is 9.84 Å². The second-order valence-electron chi connectivity index (χ2n) is 4.61. The van der Waals surface area contributed by atoms with Gasteiger partial charge in [-0.2, -0.15) is 0 Å². The summed E-state index contributed by atoms with van der Waals surface area (Å²) < 4.78 is 31.5. The van der Waals surface area contributed by atoms with Crippen molar-refractivity contribution in [3.8, 4) is 0 Å². The van der Waals surface area contributed by atoms with E-state index in [1.165, 1.54) is 12.1 Å². The maximum absolute atomic E-state index is 13.4. The normalized spacial score (nSPS) is 26.1. The van der Waals surface area contributed by atoms with Crippen molar-refractivity contribution in [3.63, 3.8) is 0 Å². The molecule has 1 aliphatic heterocycles. The monoisotopic (exact) mass is 242 g/mol. The van der Waals surface area contributed by atoms with Crippen molar-refractivity contribution < 1.29 is 18.6 Å². The average molecular weight is 242 g/mol. The third-order valence-corrected chi connectivity index (χ3v) is 3.27. The van der Waals surface area contributed by atoms with Gasteiger partial charge in [-0.15, -0.1) is 0 Å². The largest absolute Gasteiger partial charge is 0.390 e. The fraction of sp³-hybridized carbons (Fsp3) is 0.538. The van der Waals surface area contributed by atoms with Crippen molar-refractivity contribution in [2.45, 2.75) is 32.0 Å². The summed E-state index contributed by atoms with van der Waals surface area (Å²) >= 11 is 0. The van der Waals surface area contributed by atoms with Crippen LogP contribution < -0.4 is 0 Å². The summed E-state index contributed by atoms with van der Waals surface area (Å²) in [7, 11) is 0. The molecule has 1 N–H and O–H groups in total. The Morgan fingerprint density at radius 2 is 2.24 bits per heavy atom. The van der Waals surface area contributed by atoms with E-state index in [2.05, 4.69) is 0 Å². The van der Waals surface area contributed by atoms with Gasteiger partial charge in [-0.05, 0) is 24.0 Å². The van der Waals surface area contributed by atoms with Gasteiger partial charge in [0, 0.05) is 19.1 Å². The molecule has 4 heteroatoms. The molecule has 2 rings (SSSR count). The minimum atomic E-state index is -0.743. The highest BCUT2D eigenvalue weighted by atomic mass is 19.1. The van der Waals surface area contributed by atoms with Crippen molar-refractivity contribution in [2.75, 3.05) is 6.61 Å². The van der Waals surface area contributed by atoms with Crippen LogP contribution in [0.2, 0.25) is 0 Å². The molecular formula is C13H16F2O2. The molecule has 1 heterocycles. The lowest BCUT2D eigenvalue weighted by Crippen LogP contribution is -2.32. The first kappa shape index (κ1) is 12.5. The molecular weight excluding hydrogens is 226 g/mol. The van der Waals surface area contributed by atoms with Gasteiger partial charge >= 0.3 is 0 Å². The molecule has 94 valence electrons. The molecule has 1 aromatic carbocycles. The van der Waals surface area contributed by atoms with Crippen molar-refractivity contribution in [2.24, 2.45) is 5.92 Å². The van der Waals surface area contributed by atoms with Gasteiger partial charge in [0.25, 0.3) is 0 Å². The zero-order chi connectivity index (χ0) is 12.4. The quantitative estimate of drug-likeness (QED) is 0.881. The Balaban J connectivity index is 2.04. The van der Waals surface area contributed by atoms with Gasteiger partial charge in [0.15, 0.2) is 0 Å². The number of aliphatic hydroxyl groups is 1. The second kappa shape index (κ2) is 5.10. The molecule has 0 bridgehead atoms. The predicted octanol–water partition coefficient (Wildman–Crippen LogP) is 2.29. The van der Waals surface area contributed by atoms with Crippen LogP contribution in [0.4, 0.5) is 8.78 Å². The Morgan fingerprint density at radius 3 is 2.82 bits per heavy atom. The Labute approximate surface area is 99.2 Å². The molecule has 1 saturated heterocycles. The minimum Gasteiger partial charge on any atom is -0.390 e. The number of rotatable bonds is 3. The standard InChI is InChI=1S/C13H16F2O2/c1-8-4-5-17-13(8)12(16)6-9-2-3-10(14)7-11(9)15/h2-3,7-8,12-13,16H,4-6H2,1H3. The van der Waals surface area contributed by atoms with E-state index in [-0.39, 0.29) is 18.4 Å². The van der Waals surface area contributed by atoms with Gasteiger partial charge in [-0.3, -0.25) is 0 Å². The van der Waals surface area contributed by atoms with Crippen LogP contribution in [0.1, 0.15) is 18.9 Å². The number of halogens is 2. The maximum atomic E-state index is 13.4. The first-order chi connectivity index (χ1) is 8.08. The van der Waals surface area contributed by atoms with Crippen LogP contribution in [0, 0.1) is 17.6 Å². The van der Waals surface area contributed by atoms with Crippen LogP contribution >= 0.6 is 0 Å². The molecule has 17 heavy (non-hydrogen) atoms. The summed E-state index contributed by atoms with van der Waals surface area (Å²) in [4.78, 5) is 0. The van der Waals surface area contributed by atoms with Crippen LogP contribution in [0.15, 0.2) is 18.2 Å². The van der Waals surface area contributed by atoms with Crippen molar-refractivity contribution in [1.29, 1.82) is 0 Å². The number of benzene rings is 1. The van der Waals surface area contributed by atoms with E-state index < -0.39 is 17.7 Å². The summed E-state index contributed by atoms with van der Waals surface area (Å²) in [5.74, 6) is -0.950. The lowest BCUT2D eigenvalue weighted by molar-refractivity contribution is -0.0160. The molecule has 3 atom stereocenters. The van der Waals surface area contributed by atoms with E-state index in [0.717, 1.165) is 12.5 Å². The first-order valence-electron chi connectivity index (χ1n) is 5.81. The summed E-state index contributed by atoms with van der Waals surface area (Å²) in [6.07, 6.45) is 0.0706. The first-order valence-corrected chi connectivity index (χ1v) is 5.81. The highest BCUT2D eigenvalue weighted by Gasteiger charge is 2.31. The number of ether oxygens (including phenoxy) is 1. The molecule has 1 fully saturated rings. The van der Waals surface area contributed by atoms with E-state index in [1.807, 2.05) is 6.92 Å². The number of hydrogen-bond acceptors (Lipinski definition) is 2. The van der Waals surface area contributed by atoms with Gasteiger partial charge in [0.1, 0.15) is 11.6 Å². The van der Waals surface area contributed by atoms with Crippen molar-refractivity contribution >= 4 is 0 Å². The summed E-state index contributed by atoms with van der Waals surface area (Å²) in [6, 6.07) is 3.40. The van der Waals surface area contributed by atoms with Crippen molar-refractivity contribution in [1.82, 2.24) is 0 Å². The number of aliphatic hydroxyl groups excluding tert-OH is 1. The van der Waals surface area contributed by atoms with Crippen LogP contribution in [-0.2, 0) is 11.2 Å². The Bertz CT molecular complexity index is 395. The van der Waals surface area contributed by atoms with Gasteiger partial charge in [-0.25, -0.2) is 8.78 Å². The minimum absolute atomic E-state index is 0.154. The molecule has 0 amide bonds. The smallest absolute Gasteiger partial charge is 0.129 e. The van der Waals surface area contributed by atoms with Crippen LogP contribution in [-0.4, -0.2) is 23.9 Å². The molecule has 2 nitrogen and oxygen atoms in total.